The predicted molar refractivity (Wildman–Crippen MR) is 143 cm³/mol. The molecule has 0 aromatic heterocycles. The van der Waals surface area contributed by atoms with E-state index in [2.05, 4.69) is 0 Å². The van der Waals surface area contributed by atoms with Crippen LogP contribution in [0.5, 0.6) is 0 Å². The molecule has 0 radical (unpaired) electrons. The Balaban J connectivity index is 2.09. The number of fused-ring (bicyclic) bond motifs is 3. The van der Waals surface area contributed by atoms with Gasteiger partial charge in [-0.3, -0.25) is 9.69 Å². The summed E-state index contributed by atoms with van der Waals surface area (Å²) >= 11 is 0. The molecule has 4 rings (SSSR count). The number of sulfone groups is 1. The van der Waals surface area contributed by atoms with Crippen LogP contribution in [0, 0.1) is 17.7 Å². The van der Waals surface area contributed by atoms with Crippen LogP contribution in [-0.2, 0) is 34.5 Å². The Hall–Kier alpha value is -3.43. The highest BCUT2D eigenvalue weighted by Crippen LogP contribution is 2.61. The largest absolute Gasteiger partial charge is 0.466 e. The Morgan fingerprint density at radius 1 is 0.956 bits per heavy atom. The minimum atomic E-state index is -6.51. The number of nitrogens with zero attached hydrogens (tertiary/aromatic N) is 1. The van der Waals surface area contributed by atoms with Gasteiger partial charge in [-0.2, -0.15) is 26.3 Å². The average Bonchev–Trinajstić information content (AvgIpc) is 3.31. The number of anilines is 1. The van der Waals surface area contributed by atoms with Gasteiger partial charge in [-0.05, 0) is 76.4 Å². The summed E-state index contributed by atoms with van der Waals surface area (Å²) in [5.74, 6) is -4.22. The third kappa shape index (κ3) is 5.52. The molecule has 1 aliphatic heterocycles. The van der Waals surface area contributed by atoms with Gasteiger partial charge in [0.25, 0.3) is 0 Å². The van der Waals surface area contributed by atoms with Crippen LogP contribution in [0.3, 0.4) is 0 Å². The summed E-state index contributed by atoms with van der Waals surface area (Å²) in [5, 5.41) is 0. The lowest BCUT2D eigenvalue weighted by Gasteiger charge is -2.46. The Bertz CT molecular complexity index is 1570. The Labute approximate surface area is 253 Å². The van der Waals surface area contributed by atoms with Crippen LogP contribution in [0.15, 0.2) is 47.4 Å². The fraction of sp³-hybridized carbons (Fsp3) is 0.517. The number of carbonyl (C=O) groups excluding carboxylic acids is 2. The van der Waals surface area contributed by atoms with Crippen molar-refractivity contribution < 1.29 is 62.6 Å². The predicted octanol–water partition coefficient (Wildman–Crippen LogP) is 7.13. The third-order valence-electron chi connectivity index (χ3n) is 8.02. The van der Waals surface area contributed by atoms with Crippen molar-refractivity contribution in [2.24, 2.45) is 11.8 Å². The van der Waals surface area contributed by atoms with Gasteiger partial charge in [-0.1, -0.05) is 12.1 Å². The molecule has 0 N–H and O–H groups in total. The molecule has 45 heavy (non-hydrogen) atoms. The highest BCUT2D eigenvalue weighted by molar-refractivity contribution is 7.92. The van der Waals surface area contributed by atoms with Gasteiger partial charge in [-0.25, -0.2) is 22.0 Å². The second kappa shape index (κ2) is 11.1. The number of hydrogen-bond acceptors (Lipinski definition) is 6. The smallest absolute Gasteiger partial charge is 0.435 e. The van der Waals surface area contributed by atoms with Gasteiger partial charge in [0.1, 0.15) is 16.2 Å². The van der Waals surface area contributed by atoms with Gasteiger partial charge in [0, 0.05) is 18.0 Å². The maximum Gasteiger partial charge on any atom is 0.435 e. The second-order valence-electron chi connectivity index (χ2n) is 11.8. The topological polar surface area (TPSA) is 90.0 Å². The monoisotopic (exact) mass is 671 g/mol. The molecule has 1 fully saturated rings. The maximum absolute atomic E-state index is 15.3. The fourth-order valence-electron chi connectivity index (χ4n) is 6.12. The number of carbonyl (C=O) groups is 2. The average molecular weight is 672 g/mol. The molecule has 16 heteroatoms. The molecule has 0 saturated heterocycles. The zero-order valence-corrected chi connectivity index (χ0v) is 25.2. The molecule has 2 aromatic rings. The molecule has 0 spiro atoms. The van der Waals surface area contributed by atoms with Gasteiger partial charge in [-0.15, -0.1) is 0 Å². The minimum Gasteiger partial charge on any atom is -0.466 e. The van der Waals surface area contributed by atoms with Crippen LogP contribution in [0.25, 0.3) is 0 Å². The van der Waals surface area contributed by atoms with Crippen molar-refractivity contribution in [3.63, 3.8) is 0 Å². The van der Waals surface area contributed by atoms with Gasteiger partial charge >= 0.3 is 30.1 Å². The first-order valence-corrected chi connectivity index (χ1v) is 15.2. The molecule has 3 atom stereocenters. The number of ether oxygens (including phenoxy) is 2. The quantitative estimate of drug-likeness (QED) is 0.191. The van der Waals surface area contributed by atoms with E-state index in [4.69, 9.17) is 9.47 Å². The molecular weight excluding hydrogens is 642 g/mol. The van der Waals surface area contributed by atoms with Crippen molar-refractivity contribution in [3.05, 3.63) is 59.4 Å². The maximum atomic E-state index is 15.3. The van der Waals surface area contributed by atoms with Gasteiger partial charge in [0.15, 0.2) is 9.84 Å². The minimum absolute atomic E-state index is 0.108. The number of amides is 1. The molecular formula is C29H29F8NO6S. The number of benzene rings is 2. The highest BCUT2D eigenvalue weighted by atomic mass is 32.2. The SMILES string of the molecule is CCOC(=O)[C@@H]1CC[C@@]2(S(=O)(=O)c3ccc(F)cc3)c3ccc(C(F)(C(F)(F)F)C(F)(F)F)cc3N(C(=O)OC(C)(C)C)C[C@@H]12. The molecule has 7 nitrogen and oxygen atoms in total. The van der Waals surface area contributed by atoms with Crippen molar-refractivity contribution in [3.8, 4) is 0 Å². The first-order valence-electron chi connectivity index (χ1n) is 13.7. The number of hydrogen-bond donors (Lipinski definition) is 0. The first-order chi connectivity index (χ1) is 20.5. The Kier molecular flexibility index (Phi) is 8.51. The zero-order valence-electron chi connectivity index (χ0n) is 24.4. The molecule has 0 bridgehead atoms. The van der Waals surface area contributed by atoms with E-state index in [0.717, 1.165) is 24.3 Å². The Morgan fingerprint density at radius 2 is 1.53 bits per heavy atom. The second-order valence-corrected chi connectivity index (χ2v) is 14.0. The summed E-state index contributed by atoms with van der Waals surface area (Å²) in [7, 11) is -4.75. The fourth-order valence-corrected chi connectivity index (χ4v) is 8.53. The van der Waals surface area contributed by atoms with Crippen LogP contribution < -0.4 is 4.90 Å². The number of halogens is 8. The zero-order chi connectivity index (χ0) is 34.0. The van der Waals surface area contributed by atoms with Crippen molar-refractivity contribution in [2.75, 3.05) is 18.1 Å². The summed E-state index contributed by atoms with van der Waals surface area (Å²) < 4.78 is 149. The van der Waals surface area contributed by atoms with Gasteiger partial charge in [0.05, 0.1) is 23.1 Å². The van der Waals surface area contributed by atoms with E-state index in [1.165, 1.54) is 27.7 Å². The summed E-state index contributed by atoms with van der Waals surface area (Å²) in [6, 6.07) is 4.39. The summed E-state index contributed by atoms with van der Waals surface area (Å²) in [5.41, 5.74) is -10.4. The van der Waals surface area contributed by atoms with E-state index >= 15 is 4.39 Å². The molecule has 0 unspecified atom stereocenters. The summed E-state index contributed by atoms with van der Waals surface area (Å²) in [6.07, 6.45) is -14.9. The molecule has 2 aromatic carbocycles. The lowest BCUT2D eigenvalue weighted by molar-refractivity contribution is -0.348. The van der Waals surface area contributed by atoms with E-state index in [1.807, 2.05) is 0 Å². The van der Waals surface area contributed by atoms with Gasteiger partial charge in [0.2, 0.25) is 0 Å². The van der Waals surface area contributed by atoms with Crippen LogP contribution in [0.4, 0.5) is 45.6 Å². The van der Waals surface area contributed by atoms with Crippen LogP contribution in [0.1, 0.15) is 51.7 Å². The molecule has 1 amide bonds. The van der Waals surface area contributed by atoms with E-state index in [0.29, 0.717) is 11.0 Å². The highest BCUT2D eigenvalue weighted by Gasteiger charge is 2.74. The lowest BCUT2D eigenvalue weighted by atomic mass is 9.78. The molecule has 1 heterocycles. The number of rotatable bonds is 5. The molecule has 1 saturated carbocycles. The van der Waals surface area contributed by atoms with Crippen LogP contribution in [-0.4, -0.2) is 51.6 Å². The van der Waals surface area contributed by atoms with E-state index < -0.39 is 103 Å². The third-order valence-corrected chi connectivity index (χ3v) is 10.6. The van der Waals surface area contributed by atoms with E-state index in [1.54, 1.807) is 0 Å². The van der Waals surface area contributed by atoms with Crippen molar-refractivity contribution in [1.82, 2.24) is 0 Å². The normalized spacial score (nSPS) is 22.4. The first kappa shape index (κ1) is 34.4. The van der Waals surface area contributed by atoms with E-state index in [-0.39, 0.29) is 25.2 Å². The standard InChI is InChI=1S/C29H29F8NO6S/c1-5-43-23(39)19-12-13-26(45(41,42)18-9-7-17(30)8-10-18)20-11-6-16(27(31,28(32,33)34)29(35,36)37)14-22(20)38(15-21(19)26)24(40)44-25(2,3)4/h6-11,14,19,21H,5,12-13,15H2,1-4H3/t19-,21+,26-/m1/s1. The summed E-state index contributed by atoms with van der Waals surface area (Å²) in [4.78, 5) is 26.7. The van der Waals surface area contributed by atoms with Crippen LogP contribution in [0.2, 0.25) is 0 Å². The Morgan fingerprint density at radius 3 is 2.04 bits per heavy atom. The lowest BCUT2D eigenvalue weighted by Crippen LogP contribution is -2.55. The van der Waals surface area contributed by atoms with Crippen LogP contribution >= 0.6 is 0 Å². The number of esters is 1. The summed E-state index contributed by atoms with van der Waals surface area (Å²) in [6.45, 7) is 4.91. The number of alkyl halides is 7. The van der Waals surface area contributed by atoms with E-state index in [9.17, 15) is 48.7 Å². The molecule has 2 aliphatic rings. The van der Waals surface area contributed by atoms with Crippen molar-refractivity contribution in [1.29, 1.82) is 0 Å². The van der Waals surface area contributed by atoms with Crippen molar-refractivity contribution >= 4 is 27.6 Å². The van der Waals surface area contributed by atoms with Gasteiger partial charge < -0.3 is 9.47 Å². The van der Waals surface area contributed by atoms with Crippen molar-refractivity contribution in [2.45, 2.75) is 73.8 Å². The molecule has 1 aliphatic carbocycles. The molecule has 248 valence electrons.